The topological polar surface area (TPSA) is 20.2 Å². The van der Waals surface area contributed by atoms with E-state index in [1.54, 1.807) is 0 Å². The van der Waals surface area contributed by atoms with E-state index < -0.39 is 0 Å². The van der Waals surface area contributed by atoms with Crippen LogP contribution in [0.5, 0.6) is 0 Å². The largest absolute Gasteiger partial charge is 0.396 e. The van der Waals surface area contributed by atoms with E-state index in [1.165, 1.54) is 11.1 Å². The monoisotopic (exact) mass is 168 g/mol. The second-order valence-corrected chi connectivity index (χ2v) is 3.02. The molecule has 0 saturated carbocycles. The van der Waals surface area contributed by atoms with Crippen LogP contribution >= 0.6 is 0 Å². The number of hydrogen-bond acceptors (Lipinski definition) is 1. The molecule has 0 radical (unpaired) electrons. The van der Waals surface area contributed by atoms with Crippen LogP contribution in [0.25, 0.3) is 0 Å². The second kappa shape index (κ2) is 7.11. The molecule has 0 saturated heterocycles. The van der Waals surface area contributed by atoms with Crippen LogP contribution in [-0.4, -0.2) is 11.7 Å². The van der Waals surface area contributed by atoms with Crippen LogP contribution in [0, 0.1) is 0 Å². The van der Waals surface area contributed by atoms with E-state index in [4.69, 9.17) is 5.11 Å². The lowest BCUT2D eigenvalue weighted by atomic mass is 10.1. The Morgan fingerprint density at radius 1 is 1.17 bits per heavy atom. The minimum Gasteiger partial charge on any atom is -0.396 e. The molecule has 0 unspecified atom stereocenters. The van der Waals surface area contributed by atoms with Crippen LogP contribution in [0.4, 0.5) is 0 Å². The summed E-state index contributed by atoms with van der Waals surface area (Å²) in [7, 11) is 0. The zero-order valence-corrected chi connectivity index (χ0v) is 8.43. The summed E-state index contributed by atoms with van der Waals surface area (Å²) >= 11 is 0. The number of aliphatic hydroxyl groups is 1. The molecule has 70 valence electrons. The molecule has 0 aromatic heterocycles. The molecule has 0 aromatic carbocycles. The second-order valence-electron chi connectivity index (χ2n) is 3.02. The average Bonchev–Trinajstić information content (AvgIpc) is 2.11. The van der Waals surface area contributed by atoms with Crippen molar-refractivity contribution in [3.63, 3.8) is 0 Å². The zero-order valence-electron chi connectivity index (χ0n) is 8.43. The standard InChI is InChI=1S/C11H20O/c1-4-10(3)6-7-11(5-2)8-9-12/h6-7,12H,4-5,8-9H2,1-3H3/b10-6-,11-7+. The summed E-state index contributed by atoms with van der Waals surface area (Å²) in [6.07, 6.45) is 7.23. The van der Waals surface area contributed by atoms with E-state index in [0.29, 0.717) is 0 Å². The van der Waals surface area contributed by atoms with Crippen molar-refractivity contribution < 1.29 is 5.11 Å². The van der Waals surface area contributed by atoms with E-state index in [9.17, 15) is 0 Å². The van der Waals surface area contributed by atoms with E-state index in [2.05, 4.69) is 32.9 Å². The van der Waals surface area contributed by atoms with Crippen molar-refractivity contribution in [1.29, 1.82) is 0 Å². The molecule has 1 N–H and O–H groups in total. The molecule has 0 amide bonds. The molecule has 1 heteroatoms. The van der Waals surface area contributed by atoms with Gasteiger partial charge in [-0.3, -0.25) is 0 Å². The highest BCUT2D eigenvalue weighted by atomic mass is 16.2. The van der Waals surface area contributed by atoms with Gasteiger partial charge in [-0.25, -0.2) is 0 Å². The minimum absolute atomic E-state index is 0.263. The van der Waals surface area contributed by atoms with Crippen LogP contribution in [0.2, 0.25) is 0 Å². The fourth-order valence-corrected chi connectivity index (χ4v) is 0.900. The Kier molecular flexibility index (Phi) is 6.78. The minimum atomic E-state index is 0.263. The van der Waals surface area contributed by atoms with Crippen molar-refractivity contribution in [2.24, 2.45) is 0 Å². The first-order valence-corrected chi connectivity index (χ1v) is 4.70. The number of allylic oxidation sites excluding steroid dienone is 3. The lowest BCUT2D eigenvalue weighted by Gasteiger charge is -1.99. The van der Waals surface area contributed by atoms with Crippen LogP contribution in [-0.2, 0) is 0 Å². The van der Waals surface area contributed by atoms with Gasteiger partial charge in [-0.1, -0.05) is 37.1 Å². The summed E-state index contributed by atoms with van der Waals surface area (Å²) in [5.74, 6) is 0. The van der Waals surface area contributed by atoms with Gasteiger partial charge in [-0.15, -0.1) is 0 Å². The van der Waals surface area contributed by atoms with Crippen molar-refractivity contribution in [1.82, 2.24) is 0 Å². The predicted molar refractivity (Wildman–Crippen MR) is 54.1 cm³/mol. The smallest absolute Gasteiger partial charge is 0.0468 e. The Hall–Kier alpha value is -0.560. The molecule has 12 heavy (non-hydrogen) atoms. The first-order chi connectivity index (χ1) is 5.74. The molecule has 0 fully saturated rings. The first kappa shape index (κ1) is 11.4. The zero-order chi connectivity index (χ0) is 9.40. The Balaban J connectivity index is 4.09. The number of hydrogen-bond donors (Lipinski definition) is 1. The Morgan fingerprint density at radius 3 is 2.25 bits per heavy atom. The predicted octanol–water partition coefficient (Wildman–Crippen LogP) is 3.06. The molecule has 0 aliphatic heterocycles. The quantitative estimate of drug-likeness (QED) is 0.625. The summed E-state index contributed by atoms with van der Waals surface area (Å²) in [6.45, 7) is 6.66. The van der Waals surface area contributed by atoms with Crippen LogP contribution in [0.3, 0.4) is 0 Å². The van der Waals surface area contributed by atoms with Crippen LogP contribution < -0.4 is 0 Å². The van der Waals surface area contributed by atoms with Gasteiger partial charge < -0.3 is 5.11 Å². The SMILES string of the molecule is CC/C(C)=C\C=C(/CC)CCO. The van der Waals surface area contributed by atoms with Crippen molar-refractivity contribution in [3.05, 3.63) is 23.3 Å². The molecular weight excluding hydrogens is 148 g/mol. The molecule has 0 spiro atoms. The maximum Gasteiger partial charge on any atom is 0.0468 e. The molecule has 0 aliphatic carbocycles. The van der Waals surface area contributed by atoms with E-state index in [0.717, 1.165) is 19.3 Å². The summed E-state index contributed by atoms with van der Waals surface area (Å²) < 4.78 is 0. The average molecular weight is 168 g/mol. The number of rotatable bonds is 5. The van der Waals surface area contributed by atoms with Crippen LogP contribution in [0.1, 0.15) is 40.0 Å². The van der Waals surface area contributed by atoms with Gasteiger partial charge in [0.1, 0.15) is 0 Å². The Bertz CT molecular complexity index is 166. The molecule has 0 aromatic rings. The van der Waals surface area contributed by atoms with Gasteiger partial charge in [-0.2, -0.15) is 0 Å². The third-order valence-electron chi connectivity index (χ3n) is 2.05. The van der Waals surface area contributed by atoms with E-state index in [1.807, 2.05) is 0 Å². The van der Waals surface area contributed by atoms with E-state index >= 15 is 0 Å². The van der Waals surface area contributed by atoms with Crippen molar-refractivity contribution in [2.45, 2.75) is 40.0 Å². The molecule has 0 atom stereocenters. The maximum atomic E-state index is 8.73. The normalized spacial score (nSPS) is 13.7. The lowest BCUT2D eigenvalue weighted by Crippen LogP contribution is -1.86. The van der Waals surface area contributed by atoms with Gasteiger partial charge in [0.05, 0.1) is 0 Å². The summed E-state index contributed by atoms with van der Waals surface area (Å²) in [6, 6.07) is 0. The highest BCUT2D eigenvalue weighted by Gasteiger charge is 1.90. The third kappa shape index (κ3) is 5.14. The van der Waals surface area contributed by atoms with Gasteiger partial charge in [-0.05, 0) is 26.2 Å². The molecule has 1 nitrogen and oxygen atoms in total. The van der Waals surface area contributed by atoms with Crippen LogP contribution in [0.15, 0.2) is 23.3 Å². The fourth-order valence-electron chi connectivity index (χ4n) is 0.900. The van der Waals surface area contributed by atoms with Crippen molar-refractivity contribution in [3.8, 4) is 0 Å². The molecule has 0 aliphatic rings. The molecule has 0 rings (SSSR count). The Morgan fingerprint density at radius 2 is 1.83 bits per heavy atom. The van der Waals surface area contributed by atoms with Gasteiger partial charge in [0.15, 0.2) is 0 Å². The highest BCUT2D eigenvalue weighted by molar-refractivity contribution is 5.16. The summed E-state index contributed by atoms with van der Waals surface area (Å²) in [5, 5.41) is 8.73. The fraction of sp³-hybridized carbons (Fsp3) is 0.636. The maximum absolute atomic E-state index is 8.73. The Labute approximate surface area is 75.8 Å². The summed E-state index contributed by atoms with van der Waals surface area (Å²) in [5.41, 5.74) is 2.71. The lowest BCUT2D eigenvalue weighted by molar-refractivity contribution is 0.298. The highest BCUT2D eigenvalue weighted by Crippen LogP contribution is 2.07. The third-order valence-corrected chi connectivity index (χ3v) is 2.05. The molecule has 0 heterocycles. The van der Waals surface area contributed by atoms with Gasteiger partial charge in [0, 0.05) is 6.61 Å². The summed E-state index contributed by atoms with van der Waals surface area (Å²) in [4.78, 5) is 0. The van der Waals surface area contributed by atoms with Gasteiger partial charge >= 0.3 is 0 Å². The number of aliphatic hydroxyl groups excluding tert-OH is 1. The van der Waals surface area contributed by atoms with Gasteiger partial charge in [0.2, 0.25) is 0 Å². The molecule has 0 bridgehead atoms. The molecular formula is C11H20O. The first-order valence-electron chi connectivity index (χ1n) is 4.70. The van der Waals surface area contributed by atoms with E-state index in [-0.39, 0.29) is 6.61 Å². The van der Waals surface area contributed by atoms with Crippen molar-refractivity contribution in [2.75, 3.05) is 6.61 Å². The van der Waals surface area contributed by atoms with Gasteiger partial charge in [0.25, 0.3) is 0 Å². The van der Waals surface area contributed by atoms with Crippen molar-refractivity contribution >= 4 is 0 Å².